The summed E-state index contributed by atoms with van der Waals surface area (Å²) in [6, 6.07) is 12.4. The zero-order chi connectivity index (χ0) is 21.4. The molecule has 31 heavy (non-hydrogen) atoms. The van der Waals surface area contributed by atoms with Crippen LogP contribution in [-0.2, 0) is 0 Å². The van der Waals surface area contributed by atoms with Gasteiger partial charge in [0.15, 0.2) is 5.78 Å². The number of hydrogen-bond acceptors (Lipinski definition) is 3. The Hall–Kier alpha value is -2.53. The number of rotatable bonds is 6. The van der Waals surface area contributed by atoms with Crippen LogP contribution in [0.5, 0.6) is 0 Å². The summed E-state index contributed by atoms with van der Waals surface area (Å²) in [5.41, 5.74) is 2.43. The fourth-order valence-electron chi connectivity index (χ4n) is 4.99. The number of carbonyl (C=O) groups is 2. The van der Waals surface area contributed by atoms with Crippen molar-refractivity contribution in [2.24, 2.45) is 5.92 Å². The lowest BCUT2D eigenvalue weighted by Crippen LogP contribution is -2.42. The quantitative estimate of drug-likeness (QED) is 0.631. The number of benzene rings is 2. The third-order valence-electron chi connectivity index (χ3n) is 6.96. The summed E-state index contributed by atoms with van der Waals surface area (Å²) in [5, 5.41) is 0. The van der Waals surface area contributed by atoms with Gasteiger partial charge in [-0.25, -0.2) is 4.39 Å². The van der Waals surface area contributed by atoms with E-state index >= 15 is 0 Å². The Morgan fingerprint density at radius 2 is 1.58 bits per heavy atom. The van der Waals surface area contributed by atoms with Crippen LogP contribution < -0.4 is 0 Å². The molecule has 1 atom stereocenters. The number of amides is 1. The summed E-state index contributed by atoms with van der Waals surface area (Å²) in [5.74, 6) is -0.287. The lowest BCUT2D eigenvalue weighted by molar-refractivity contribution is 0.0704. The molecule has 1 aliphatic carbocycles. The maximum Gasteiger partial charge on any atom is 0.257 e. The highest BCUT2D eigenvalue weighted by atomic mass is 19.1. The molecule has 1 amide bonds. The third-order valence-corrected chi connectivity index (χ3v) is 6.96. The number of halogens is 1. The van der Waals surface area contributed by atoms with E-state index in [1.54, 1.807) is 12.1 Å². The number of ketones is 1. The summed E-state index contributed by atoms with van der Waals surface area (Å²) in [4.78, 5) is 29.6. The predicted molar refractivity (Wildman–Crippen MR) is 119 cm³/mol. The van der Waals surface area contributed by atoms with Crippen molar-refractivity contribution in [1.29, 1.82) is 0 Å². The first-order chi connectivity index (χ1) is 15.1. The van der Waals surface area contributed by atoms with E-state index in [-0.39, 0.29) is 29.2 Å². The predicted octanol–water partition coefficient (Wildman–Crippen LogP) is 4.79. The normalized spacial score (nSPS) is 21.6. The molecule has 2 saturated heterocycles. The minimum atomic E-state index is -0.479. The molecule has 0 aromatic heterocycles. The van der Waals surface area contributed by atoms with Gasteiger partial charge in [-0.15, -0.1) is 0 Å². The molecular weight excluding hydrogens is 391 g/mol. The van der Waals surface area contributed by atoms with Crippen molar-refractivity contribution in [3.8, 4) is 11.1 Å². The largest absolute Gasteiger partial charge is 0.334 e. The topological polar surface area (TPSA) is 40.6 Å². The molecule has 5 heteroatoms. The van der Waals surface area contributed by atoms with Gasteiger partial charge in [0.2, 0.25) is 0 Å². The van der Waals surface area contributed by atoms with Crippen molar-refractivity contribution in [3.63, 3.8) is 0 Å². The second kappa shape index (κ2) is 8.54. The molecule has 2 aromatic rings. The fraction of sp³-hybridized carbons (Fsp3) is 0.462. The lowest BCUT2D eigenvalue weighted by Gasteiger charge is -2.28. The van der Waals surface area contributed by atoms with Crippen LogP contribution in [0.25, 0.3) is 11.1 Å². The Kier molecular flexibility index (Phi) is 5.61. The van der Waals surface area contributed by atoms with Crippen LogP contribution in [-0.4, -0.2) is 53.7 Å². The van der Waals surface area contributed by atoms with Gasteiger partial charge in [-0.2, -0.15) is 0 Å². The summed E-state index contributed by atoms with van der Waals surface area (Å²) in [6.07, 6.45) is 6.40. The van der Waals surface area contributed by atoms with Crippen LogP contribution in [0.1, 0.15) is 59.2 Å². The molecule has 2 aliphatic heterocycles. The van der Waals surface area contributed by atoms with E-state index in [2.05, 4.69) is 4.90 Å². The average molecular weight is 421 g/mol. The van der Waals surface area contributed by atoms with E-state index in [1.807, 2.05) is 29.2 Å². The monoisotopic (exact) mass is 420 g/mol. The number of hydrogen-bond donors (Lipinski definition) is 0. The molecule has 0 spiro atoms. The minimum Gasteiger partial charge on any atom is -0.334 e. The number of nitrogens with zero attached hydrogens (tertiary/aromatic N) is 2. The van der Waals surface area contributed by atoms with Crippen LogP contribution in [0.15, 0.2) is 42.5 Å². The molecule has 0 bridgehead atoms. The van der Waals surface area contributed by atoms with Crippen molar-refractivity contribution in [3.05, 3.63) is 59.4 Å². The summed E-state index contributed by atoms with van der Waals surface area (Å²) >= 11 is 0. The van der Waals surface area contributed by atoms with Gasteiger partial charge in [0.1, 0.15) is 5.82 Å². The molecule has 3 aliphatic rings. The molecule has 1 saturated carbocycles. The Morgan fingerprint density at radius 1 is 0.871 bits per heavy atom. The number of likely N-dealkylation sites (tertiary alicyclic amines) is 2. The van der Waals surface area contributed by atoms with Crippen LogP contribution in [0.2, 0.25) is 0 Å². The van der Waals surface area contributed by atoms with Crippen LogP contribution in [0.3, 0.4) is 0 Å². The molecule has 2 aromatic carbocycles. The van der Waals surface area contributed by atoms with Crippen molar-refractivity contribution < 1.29 is 14.0 Å². The van der Waals surface area contributed by atoms with Crippen LogP contribution in [0.4, 0.5) is 4.39 Å². The van der Waals surface area contributed by atoms with E-state index in [0.29, 0.717) is 6.54 Å². The summed E-state index contributed by atoms with van der Waals surface area (Å²) in [6.45, 7) is 3.81. The molecule has 5 rings (SSSR count). The van der Waals surface area contributed by atoms with Gasteiger partial charge in [-0.05, 0) is 74.9 Å². The van der Waals surface area contributed by atoms with E-state index < -0.39 is 5.82 Å². The Bertz CT molecular complexity index is 977. The van der Waals surface area contributed by atoms with E-state index in [9.17, 15) is 14.0 Å². The van der Waals surface area contributed by atoms with Crippen LogP contribution >= 0.6 is 0 Å². The second-order valence-corrected chi connectivity index (χ2v) is 9.21. The molecule has 4 nitrogen and oxygen atoms in total. The fourth-order valence-corrected chi connectivity index (χ4v) is 4.99. The first-order valence-electron chi connectivity index (χ1n) is 11.6. The van der Waals surface area contributed by atoms with E-state index in [1.165, 1.54) is 18.9 Å². The van der Waals surface area contributed by atoms with Crippen molar-refractivity contribution in [2.45, 2.75) is 44.6 Å². The zero-order valence-corrected chi connectivity index (χ0v) is 17.9. The van der Waals surface area contributed by atoms with Gasteiger partial charge in [0.25, 0.3) is 5.91 Å². The highest BCUT2D eigenvalue weighted by molar-refractivity contribution is 5.99. The van der Waals surface area contributed by atoms with E-state index in [4.69, 9.17) is 0 Å². The lowest BCUT2D eigenvalue weighted by atomic mass is 9.99. The SMILES string of the molecule is O=C(c1ccc(-c2ccc(C(=O)N3CCC[C@H]3CN3CCCC3)c(F)c2)cc1)C1CC1. The second-order valence-electron chi connectivity index (χ2n) is 9.21. The van der Waals surface area contributed by atoms with Crippen LogP contribution in [0, 0.1) is 11.7 Å². The van der Waals surface area contributed by atoms with Gasteiger partial charge < -0.3 is 9.80 Å². The van der Waals surface area contributed by atoms with E-state index in [0.717, 1.165) is 62.0 Å². The maximum absolute atomic E-state index is 15.0. The highest BCUT2D eigenvalue weighted by Gasteiger charge is 2.33. The number of Topliss-reactive ketones (excluding diaryl/α,β-unsaturated/α-hetero) is 1. The number of carbonyl (C=O) groups excluding carboxylic acids is 2. The van der Waals surface area contributed by atoms with Crippen molar-refractivity contribution >= 4 is 11.7 Å². The molecule has 0 unspecified atom stereocenters. The molecule has 3 fully saturated rings. The third kappa shape index (κ3) is 4.29. The van der Waals surface area contributed by atoms with Gasteiger partial charge >= 0.3 is 0 Å². The van der Waals surface area contributed by atoms with Crippen molar-refractivity contribution in [2.75, 3.05) is 26.2 Å². The maximum atomic E-state index is 15.0. The smallest absolute Gasteiger partial charge is 0.257 e. The summed E-state index contributed by atoms with van der Waals surface area (Å²) < 4.78 is 15.0. The first kappa shape index (κ1) is 20.4. The summed E-state index contributed by atoms with van der Waals surface area (Å²) in [7, 11) is 0. The molecule has 2 heterocycles. The Morgan fingerprint density at radius 3 is 2.26 bits per heavy atom. The van der Waals surface area contributed by atoms with Gasteiger partial charge in [0, 0.05) is 30.6 Å². The van der Waals surface area contributed by atoms with Gasteiger partial charge in [-0.3, -0.25) is 9.59 Å². The van der Waals surface area contributed by atoms with Gasteiger partial charge in [-0.1, -0.05) is 30.3 Å². The van der Waals surface area contributed by atoms with Crippen molar-refractivity contribution in [1.82, 2.24) is 9.80 Å². The first-order valence-corrected chi connectivity index (χ1v) is 11.6. The minimum absolute atomic E-state index is 0.151. The molecule has 0 N–H and O–H groups in total. The molecule has 0 radical (unpaired) electrons. The average Bonchev–Trinajstić information content (AvgIpc) is 3.32. The van der Waals surface area contributed by atoms with Gasteiger partial charge in [0.05, 0.1) is 5.56 Å². The molecular formula is C26H29FN2O2. The zero-order valence-electron chi connectivity index (χ0n) is 17.9. The molecule has 162 valence electrons. The Labute approximate surface area is 183 Å². The highest BCUT2D eigenvalue weighted by Crippen LogP contribution is 2.33. The standard InChI is InChI=1S/C26H29FN2O2/c27-24-16-21(18-5-7-19(8-6-18)25(30)20-9-10-20)11-12-23(24)26(31)29-15-3-4-22(29)17-28-13-1-2-14-28/h5-8,11-12,16,20,22H,1-4,9-10,13-15,17H2/t22-/m0/s1. The Balaban J connectivity index is 1.30.